The van der Waals surface area contributed by atoms with Gasteiger partial charge in [0.2, 0.25) is 11.8 Å². The van der Waals surface area contributed by atoms with Gasteiger partial charge in [0.1, 0.15) is 6.04 Å². The highest BCUT2D eigenvalue weighted by Crippen LogP contribution is 2.25. The Balaban J connectivity index is 1.51. The number of phenolic OH excluding ortho intramolecular Hbond substituents is 2. The van der Waals surface area contributed by atoms with Crippen molar-refractivity contribution in [2.24, 2.45) is 0 Å². The molecule has 7 nitrogen and oxygen atoms in total. The van der Waals surface area contributed by atoms with Crippen molar-refractivity contribution in [3.63, 3.8) is 0 Å². The van der Waals surface area contributed by atoms with Crippen LogP contribution in [0, 0.1) is 0 Å². The Morgan fingerprint density at radius 3 is 2.76 bits per heavy atom. The van der Waals surface area contributed by atoms with Crippen LogP contribution in [-0.4, -0.2) is 58.6 Å². The number of hydrogen-bond acceptors (Lipinski definition) is 5. The number of likely N-dealkylation sites (tertiary alicyclic amines) is 1. The molecule has 0 aromatic heterocycles. The van der Waals surface area contributed by atoms with Gasteiger partial charge in [0.05, 0.1) is 6.04 Å². The molecule has 2 amide bonds. The summed E-state index contributed by atoms with van der Waals surface area (Å²) in [5, 5.41) is 24.9. The van der Waals surface area contributed by atoms with Gasteiger partial charge in [-0.05, 0) is 56.3 Å². The van der Waals surface area contributed by atoms with Crippen LogP contribution >= 0.6 is 0 Å². The average molecular weight is 347 g/mol. The minimum Gasteiger partial charge on any atom is -0.504 e. The Labute approximate surface area is 147 Å². The Hall–Kier alpha value is -2.28. The summed E-state index contributed by atoms with van der Waals surface area (Å²) in [7, 11) is 0. The fourth-order valence-corrected chi connectivity index (χ4v) is 3.57. The zero-order valence-electron chi connectivity index (χ0n) is 14.2. The van der Waals surface area contributed by atoms with Gasteiger partial charge >= 0.3 is 0 Å². The van der Waals surface area contributed by atoms with Gasteiger partial charge in [-0.2, -0.15) is 0 Å². The first-order chi connectivity index (χ1) is 12.1. The highest BCUT2D eigenvalue weighted by molar-refractivity contribution is 5.90. The number of nitrogens with one attached hydrogen (secondary N) is 2. The standard InChI is InChI=1S/C18H25N3O4/c22-15-6-5-12(11-16(15)23)7-9-20-17(24)14-4-2-10-21(14)18(25)13-3-1-8-19-13/h5-6,11,13-14,19,22-23H,1-4,7-10H2,(H,20,24). The molecule has 2 saturated heterocycles. The normalized spacial score (nSPS) is 23.0. The van der Waals surface area contributed by atoms with E-state index in [0.717, 1.165) is 31.4 Å². The fourth-order valence-electron chi connectivity index (χ4n) is 3.57. The van der Waals surface area contributed by atoms with Crippen LogP contribution in [0.2, 0.25) is 0 Å². The van der Waals surface area contributed by atoms with Crippen molar-refractivity contribution < 1.29 is 19.8 Å². The van der Waals surface area contributed by atoms with Crippen molar-refractivity contribution in [3.05, 3.63) is 23.8 Å². The number of rotatable bonds is 5. The summed E-state index contributed by atoms with van der Waals surface area (Å²) in [6.45, 7) is 1.92. The van der Waals surface area contributed by atoms with Gasteiger partial charge in [-0.15, -0.1) is 0 Å². The van der Waals surface area contributed by atoms with Gasteiger partial charge < -0.3 is 25.7 Å². The van der Waals surface area contributed by atoms with Crippen molar-refractivity contribution in [3.8, 4) is 11.5 Å². The monoisotopic (exact) mass is 347 g/mol. The zero-order valence-corrected chi connectivity index (χ0v) is 14.2. The fraction of sp³-hybridized carbons (Fsp3) is 0.556. The van der Waals surface area contributed by atoms with E-state index >= 15 is 0 Å². The largest absolute Gasteiger partial charge is 0.504 e. The number of aromatic hydroxyl groups is 2. The Morgan fingerprint density at radius 2 is 2.04 bits per heavy atom. The summed E-state index contributed by atoms with van der Waals surface area (Å²) in [6, 6.07) is 4.09. The third kappa shape index (κ3) is 4.04. The van der Waals surface area contributed by atoms with E-state index in [1.165, 1.54) is 12.1 Å². The van der Waals surface area contributed by atoms with Gasteiger partial charge in [-0.25, -0.2) is 0 Å². The molecule has 3 rings (SSSR count). The number of phenols is 2. The Morgan fingerprint density at radius 1 is 1.20 bits per heavy atom. The summed E-state index contributed by atoms with van der Waals surface area (Å²) < 4.78 is 0. The molecule has 7 heteroatoms. The number of amides is 2. The van der Waals surface area contributed by atoms with Gasteiger partial charge in [0, 0.05) is 13.1 Å². The average Bonchev–Trinajstić information content (AvgIpc) is 3.28. The van der Waals surface area contributed by atoms with Crippen LogP contribution in [0.1, 0.15) is 31.2 Å². The van der Waals surface area contributed by atoms with Crippen LogP contribution in [0.15, 0.2) is 18.2 Å². The lowest BCUT2D eigenvalue weighted by atomic mass is 10.1. The molecule has 0 radical (unpaired) electrons. The highest BCUT2D eigenvalue weighted by Gasteiger charge is 2.37. The molecule has 0 bridgehead atoms. The molecule has 1 aromatic carbocycles. The van der Waals surface area contributed by atoms with Crippen LogP contribution in [0.4, 0.5) is 0 Å². The molecule has 136 valence electrons. The van der Waals surface area contributed by atoms with Crippen molar-refractivity contribution >= 4 is 11.8 Å². The molecule has 2 unspecified atom stereocenters. The molecular weight excluding hydrogens is 322 g/mol. The maximum Gasteiger partial charge on any atom is 0.242 e. The van der Waals surface area contributed by atoms with E-state index in [2.05, 4.69) is 10.6 Å². The minimum atomic E-state index is -0.386. The zero-order chi connectivity index (χ0) is 17.8. The van der Waals surface area contributed by atoms with E-state index in [4.69, 9.17) is 0 Å². The smallest absolute Gasteiger partial charge is 0.242 e. The van der Waals surface area contributed by atoms with Gasteiger partial charge in [0.25, 0.3) is 0 Å². The van der Waals surface area contributed by atoms with Gasteiger partial charge in [-0.3, -0.25) is 9.59 Å². The van der Waals surface area contributed by atoms with Crippen LogP contribution in [-0.2, 0) is 16.0 Å². The van der Waals surface area contributed by atoms with Crippen LogP contribution in [0.5, 0.6) is 11.5 Å². The molecule has 2 aliphatic heterocycles. The van der Waals surface area contributed by atoms with Gasteiger partial charge in [0.15, 0.2) is 11.5 Å². The SMILES string of the molecule is O=C(NCCc1ccc(O)c(O)c1)C1CCCN1C(=O)C1CCCN1. The Kier molecular flexibility index (Phi) is 5.43. The van der Waals surface area contributed by atoms with E-state index in [0.29, 0.717) is 25.9 Å². The van der Waals surface area contributed by atoms with Crippen molar-refractivity contribution in [2.75, 3.05) is 19.6 Å². The first kappa shape index (κ1) is 17.5. The number of benzene rings is 1. The highest BCUT2D eigenvalue weighted by atomic mass is 16.3. The predicted molar refractivity (Wildman–Crippen MR) is 92.2 cm³/mol. The molecule has 0 aliphatic carbocycles. The van der Waals surface area contributed by atoms with Crippen LogP contribution < -0.4 is 10.6 Å². The van der Waals surface area contributed by atoms with E-state index in [1.807, 2.05) is 0 Å². The second-order valence-electron chi connectivity index (χ2n) is 6.70. The molecular formula is C18H25N3O4. The molecule has 2 fully saturated rings. The molecule has 2 atom stereocenters. The topological polar surface area (TPSA) is 102 Å². The number of carbonyl (C=O) groups excluding carboxylic acids is 2. The summed E-state index contributed by atoms with van der Waals surface area (Å²) in [5.74, 6) is -0.403. The molecule has 2 heterocycles. The predicted octanol–water partition coefficient (Wildman–Crippen LogP) is 0.499. The third-order valence-corrected chi connectivity index (χ3v) is 4.95. The van der Waals surface area contributed by atoms with Gasteiger partial charge in [-0.1, -0.05) is 6.07 Å². The molecule has 0 saturated carbocycles. The van der Waals surface area contributed by atoms with E-state index in [9.17, 15) is 19.8 Å². The van der Waals surface area contributed by atoms with Crippen molar-refractivity contribution in [2.45, 2.75) is 44.2 Å². The third-order valence-electron chi connectivity index (χ3n) is 4.95. The number of nitrogens with zero attached hydrogens (tertiary/aromatic N) is 1. The van der Waals surface area contributed by atoms with Crippen molar-refractivity contribution in [1.29, 1.82) is 0 Å². The summed E-state index contributed by atoms with van der Waals surface area (Å²) in [6.07, 6.45) is 3.94. The van der Waals surface area contributed by atoms with Crippen LogP contribution in [0.25, 0.3) is 0 Å². The summed E-state index contributed by atoms with van der Waals surface area (Å²) >= 11 is 0. The summed E-state index contributed by atoms with van der Waals surface area (Å²) in [4.78, 5) is 26.7. The lowest BCUT2D eigenvalue weighted by molar-refractivity contribution is -0.139. The second-order valence-corrected chi connectivity index (χ2v) is 6.70. The van der Waals surface area contributed by atoms with E-state index in [-0.39, 0.29) is 35.4 Å². The second kappa shape index (κ2) is 7.74. The first-order valence-corrected chi connectivity index (χ1v) is 8.88. The lowest BCUT2D eigenvalue weighted by Gasteiger charge is -2.26. The van der Waals surface area contributed by atoms with Crippen LogP contribution in [0.3, 0.4) is 0 Å². The number of carbonyl (C=O) groups is 2. The lowest BCUT2D eigenvalue weighted by Crippen LogP contribution is -2.51. The summed E-state index contributed by atoms with van der Waals surface area (Å²) in [5.41, 5.74) is 0.824. The molecule has 1 aromatic rings. The molecule has 4 N–H and O–H groups in total. The quantitative estimate of drug-likeness (QED) is 0.581. The minimum absolute atomic E-state index is 0.0404. The molecule has 2 aliphatic rings. The molecule has 0 spiro atoms. The molecule has 25 heavy (non-hydrogen) atoms. The number of hydrogen-bond donors (Lipinski definition) is 4. The van der Waals surface area contributed by atoms with E-state index < -0.39 is 0 Å². The van der Waals surface area contributed by atoms with E-state index in [1.54, 1.807) is 11.0 Å². The first-order valence-electron chi connectivity index (χ1n) is 8.88. The maximum atomic E-state index is 12.6. The maximum absolute atomic E-state index is 12.6. The van der Waals surface area contributed by atoms with Crippen molar-refractivity contribution in [1.82, 2.24) is 15.5 Å². The Bertz CT molecular complexity index is 643.